The van der Waals surface area contributed by atoms with Gasteiger partial charge in [-0.05, 0) is 32.5 Å². The SMILES string of the molecule is CN(Cc1c[nH]c2ccccc12)C(C)(C)CO. The van der Waals surface area contributed by atoms with Gasteiger partial charge in [0.1, 0.15) is 0 Å². The van der Waals surface area contributed by atoms with E-state index in [1.807, 2.05) is 27.0 Å². The molecule has 1 aromatic heterocycles. The van der Waals surface area contributed by atoms with E-state index >= 15 is 0 Å². The van der Waals surface area contributed by atoms with Gasteiger partial charge in [0, 0.05) is 29.2 Å². The van der Waals surface area contributed by atoms with E-state index in [2.05, 4.69) is 34.3 Å². The second kappa shape index (κ2) is 4.51. The Hall–Kier alpha value is -1.32. The van der Waals surface area contributed by atoms with Crippen molar-refractivity contribution in [2.45, 2.75) is 25.9 Å². The molecule has 0 aliphatic carbocycles. The largest absolute Gasteiger partial charge is 0.394 e. The van der Waals surface area contributed by atoms with Gasteiger partial charge in [-0.3, -0.25) is 4.90 Å². The Kier molecular flexibility index (Phi) is 3.22. The maximum absolute atomic E-state index is 9.36. The number of aliphatic hydroxyl groups is 1. The fraction of sp³-hybridized carbons (Fsp3) is 0.429. The van der Waals surface area contributed by atoms with Crippen LogP contribution in [0.1, 0.15) is 19.4 Å². The number of hydrogen-bond acceptors (Lipinski definition) is 2. The molecular formula is C14H20N2O. The molecule has 0 saturated carbocycles. The summed E-state index contributed by atoms with van der Waals surface area (Å²) < 4.78 is 0. The summed E-state index contributed by atoms with van der Waals surface area (Å²) >= 11 is 0. The van der Waals surface area contributed by atoms with Crippen LogP contribution in [0.2, 0.25) is 0 Å². The Morgan fingerprint density at radius 3 is 2.71 bits per heavy atom. The molecule has 0 amide bonds. The third-order valence-corrected chi connectivity index (χ3v) is 3.50. The molecule has 1 heterocycles. The molecule has 0 atom stereocenters. The number of H-pyrrole nitrogens is 1. The molecule has 92 valence electrons. The van der Waals surface area contributed by atoms with E-state index in [1.54, 1.807) is 0 Å². The third kappa shape index (κ3) is 2.35. The molecule has 17 heavy (non-hydrogen) atoms. The molecule has 2 aromatic rings. The minimum atomic E-state index is -0.196. The molecule has 3 nitrogen and oxygen atoms in total. The number of nitrogens with one attached hydrogen (secondary N) is 1. The van der Waals surface area contributed by atoms with Crippen LogP contribution in [0, 0.1) is 0 Å². The molecule has 0 fully saturated rings. The average Bonchev–Trinajstić information content (AvgIpc) is 2.73. The smallest absolute Gasteiger partial charge is 0.0610 e. The van der Waals surface area contributed by atoms with Crippen LogP contribution in [0.3, 0.4) is 0 Å². The van der Waals surface area contributed by atoms with Gasteiger partial charge < -0.3 is 10.1 Å². The zero-order valence-corrected chi connectivity index (χ0v) is 10.7. The summed E-state index contributed by atoms with van der Waals surface area (Å²) in [4.78, 5) is 5.44. The number of nitrogens with zero attached hydrogens (tertiary/aromatic N) is 1. The molecule has 2 rings (SSSR count). The molecular weight excluding hydrogens is 212 g/mol. The van der Waals surface area contributed by atoms with Crippen molar-refractivity contribution in [3.05, 3.63) is 36.0 Å². The second-order valence-corrected chi connectivity index (χ2v) is 5.19. The highest BCUT2D eigenvalue weighted by molar-refractivity contribution is 5.82. The van der Waals surface area contributed by atoms with Gasteiger partial charge >= 0.3 is 0 Å². The Labute approximate surface area is 102 Å². The van der Waals surface area contributed by atoms with Gasteiger partial charge in [0.2, 0.25) is 0 Å². The van der Waals surface area contributed by atoms with Crippen LogP contribution in [0.15, 0.2) is 30.5 Å². The topological polar surface area (TPSA) is 39.3 Å². The number of fused-ring (bicyclic) bond motifs is 1. The molecule has 0 bridgehead atoms. The van der Waals surface area contributed by atoms with E-state index in [1.165, 1.54) is 10.9 Å². The van der Waals surface area contributed by atoms with Crippen LogP contribution in [-0.4, -0.2) is 34.2 Å². The normalized spacial score (nSPS) is 12.5. The Bertz CT molecular complexity index is 502. The highest BCUT2D eigenvalue weighted by Gasteiger charge is 2.22. The van der Waals surface area contributed by atoms with Gasteiger partial charge in [0.25, 0.3) is 0 Å². The van der Waals surface area contributed by atoms with Crippen molar-refractivity contribution in [2.75, 3.05) is 13.7 Å². The minimum absolute atomic E-state index is 0.159. The van der Waals surface area contributed by atoms with Gasteiger partial charge in [0.15, 0.2) is 0 Å². The van der Waals surface area contributed by atoms with E-state index in [4.69, 9.17) is 0 Å². The molecule has 2 N–H and O–H groups in total. The van der Waals surface area contributed by atoms with E-state index in [9.17, 15) is 5.11 Å². The predicted octanol–water partition coefficient (Wildman–Crippen LogP) is 2.37. The van der Waals surface area contributed by atoms with Crippen molar-refractivity contribution >= 4 is 10.9 Å². The summed E-state index contributed by atoms with van der Waals surface area (Å²) in [6.07, 6.45) is 2.05. The van der Waals surface area contributed by atoms with Gasteiger partial charge in [-0.15, -0.1) is 0 Å². The number of likely N-dealkylation sites (N-methyl/N-ethyl adjacent to an activating group) is 1. The highest BCUT2D eigenvalue weighted by atomic mass is 16.3. The number of aromatic nitrogens is 1. The molecule has 0 aliphatic heterocycles. The zero-order chi connectivity index (χ0) is 12.5. The van der Waals surface area contributed by atoms with E-state index in [-0.39, 0.29) is 12.1 Å². The number of rotatable bonds is 4. The lowest BCUT2D eigenvalue weighted by Gasteiger charge is -2.33. The minimum Gasteiger partial charge on any atom is -0.394 e. The third-order valence-electron chi connectivity index (χ3n) is 3.50. The molecule has 0 aliphatic rings. The molecule has 0 radical (unpaired) electrons. The summed E-state index contributed by atoms with van der Waals surface area (Å²) in [7, 11) is 2.04. The van der Waals surface area contributed by atoms with Crippen molar-refractivity contribution in [1.29, 1.82) is 0 Å². The average molecular weight is 232 g/mol. The monoisotopic (exact) mass is 232 g/mol. The van der Waals surface area contributed by atoms with Crippen LogP contribution in [0.4, 0.5) is 0 Å². The number of aromatic amines is 1. The standard InChI is InChI=1S/C14H20N2O/c1-14(2,10-17)16(3)9-11-8-15-13-7-5-4-6-12(11)13/h4-8,15,17H,9-10H2,1-3H3. The number of aliphatic hydroxyl groups excluding tert-OH is 1. The summed E-state index contributed by atoms with van der Waals surface area (Å²) in [5.41, 5.74) is 2.24. The van der Waals surface area contributed by atoms with Gasteiger partial charge in [-0.1, -0.05) is 18.2 Å². The van der Waals surface area contributed by atoms with Crippen LogP contribution >= 0.6 is 0 Å². The van der Waals surface area contributed by atoms with Crippen LogP contribution in [0.25, 0.3) is 10.9 Å². The van der Waals surface area contributed by atoms with Crippen LogP contribution in [-0.2, 0) is 6.54 Å². The summed E-state index contributed by atoms with van der Waals surface area (Å²) in [5.74, 6) is 0. The van der Waals surface area contributed by atoms with Crippen LogP contribution in [0.5, 0.6) is 0 Å². The summed E-state index contributed by atoms with van der Waals surface area (Å²) in [6, 6.07) is 8.29. The first-order chi connectivity index (χ1) is 8.04. The Balaban J connectivity index is 2.24. The molecule has 0 saturated heterocycles. The first kappa shape index (κ1) is 12.1. The number of para-hydroxylation sites is 1. The second-order valence-electron chi connectivity index (χ2n) is 5.19. The summed E-state index contributed by atoms with van der Waals surface area (Å²) in [5, 5.41) is 10.6. The van der Waals surface area contributed by atoms with Gasteiger partial charge in [-0.2, -0.15) is 0 Å². The van der Waals surface area contributed by atoms with Crippen molar-refractivity contribution in [3.8, 4) is 0 Å². The first-order valence-electron chi connectivity index (χ1n) is 5.92. The van der Waals surface area contributed by atoms with E-state index in [0.29, 0.717) is 0 Å². The maximum Gasteiger partial charge on any atom is 0.0610 e. The Morgan fingerprint density at radius 2 is 2.00 bits per heavy atom. The Morgan fingerprint density at radius 1 is 1.29 bits per heavy atom. The lowest BCUT2D eigenvalue weighted by atomic mass is 10.0. The predicted molar refractivity (Wildman–Crippen MR) is 70.9 cm³/mol. The lowest BCUT2D eigenvalue weighted by molar-refractivity contribution is 0.0737. The van der Waals surface area contributed by atoms with Gasteiger partial charge in [0.05, 0.1) is 6.61 Å². The number of hydrogen-bond donors (Lipinski definition) is 2. The van der Waals surface area contributed by atoms with Crippen molar-refractivity contribution < 1.29 is 5.11 Å². The molecule has 1 aromatic carbocycles. The van der Waals surface area contributed by atoms with E-state index in [0.717, 1.165) is 12.1 Å². The van der Waals surface area contributed by atoms with Crippen molar-refractivity contribution in [1.82, 2.24) is 9.88 Å². The van der Waals surface area contributed by atoms with Crippen molar-refractivity contribution in [3.63, 3.8) is 0 Å². The van der Waals surface area contributed by atoms with Gasteiger partial charge in [-0.25, -0.2) is 0 Å². The fourth-order valence-electron chi connectivity index (χ4n) is 1.85. The quantitative estimate of drug-likeness (QED) is 0.849. The molecule has 0 unspecified atom stereocenters. The fourth-order valence-corrected chi connectivity index (χ4v) is 1.85. The number of benzene rings is 1. The van der Waals surface area contributed by atoms with E-state index < -0.39 is 0 Å². The van der Waals surface area contributed by atoms with Crippen molar-refractivity contribution in [2.24, 2.45) is 0 Å². The van der Waals surface area contributed by atoms with Crippen LogP contribution < -0.4 is 0 Å². The lowest BCUT2D eigenvalue weighted by Crippen LogP contribution is -2.43. The molecule has 0 spiro atoms. The first-order valence-corrected chi connectivity index (χ1v) is 5.92. The molecule has 3 heteroatoms. The highest BCUT2D eigenvalue weighted by Crippen LogP contribution is 2.21. The zero-order valence-electron chi connectivity index (χ0n) is 10.7. The maximum atomic E-state index is 9.36. The summed E-state index contributed by atoms with van der Waals surface area (Å²) in [6.45, 7) is 5.08.